The summed E-state index contributed by atoms with van der Waals surface area (Å²) in [5, 5.41) is 3.01. The fourth-order valence-corrected chi connectivity index (χ4v) is 3.68. The van der Waals surface area contributed by atoms with Crippen molar-refractivity contribution >= 4 is 48.9 Å². The number of thiophene rings is 1. The van der Waals surface area contributed by atoms with E-state index in [2.05, 4.69) is 20.9 Å². The predicted molar refractivity (Wildman–Crippen MR) is 81.6 cm³/mol. The summed E-state index contributed by atoms with van der Waals surface area (Å²) in [7, 11) is 0. The number of nitrogens with two attached hydrogens (primary N) is 2. The molecule has 5 heteroatoms. The molecular formula is C13H10BrN3S. The third kappa shape index (κ3) is 1.76. The largest absolute Gasteiger partial charge is 0.399 e. The van der Waals surface area contributed by atoms with Gasteiger partial charge in [-0.3, -0.25) is 0 Å². The smallest absolute Gasteiger partial charge is 0.133 e. The molecule has 0 fully saturated rings. The van der Waals surface area contributed by atoms with Crippen LogP contribution in [0.4, 0.5) is 11.5 Å². The molecule has 0 aliphatic rings. The van der Waals surface area contributed by atoms with Gasteiger partial charge < -0.3 is 11.5 Å². The zero-order valence-electron chi connectivity index (χ0n) is 9.35. The number of hydrogen-bond acceptors (Lipinski definition) is 4. The van der Waals surface area contributed by atoms with Crippen LogP contribution in [0.15, 0.2) is 40.3 Å². The topological polar surface area (TPSA) is 64.9 Å². The zero-order valence-corrected chi connectivity index (χ0v) is 11.8. The second kappa shape index (κ2) is 4.26. The van der Waals surface area contributed by atoms with Gasteiger partial charge in [0.1, 0.15) is 5.82 Å². The molecule has 0 bridgehead atoms. The highest BCUT2D eigenvalue weighted by atomic mass is 79.9. The van der Waals surface area contributed by atoms with E-state index in [9.17, 15) is 0 Å². The number of pyridine rings is 1. The van der Waals surface area contributed by atoms with E-state index >= 15 is 0 Å². The van der Waals surface area contributed by atoms with Crippen molar-refractivity contribution in [3.63, 3.8) is 0 Å². The van der Waals surface area contributed by atoms with Crippen molar-refractivity contribution in [2.24, 2.45) is 0 Å². The third-order valence-corrected chi connectivity index (χ3v) is 4.74. The van der Waals surface area contributed by atoms with Gasteiger partial charge in [-0.1, -0.05) is 12.1 Å². The molecule has 3 aromatic rings. The molecule has 4 N–H and O–H groups in total. The van der Waals surface area contributed by atoms with Crippen molar-refractivity contribution in [3.8, 4) is 11.1 Å². The monoisotopic (exact) mass is 319 g/mol. The summed E-state index contributed by atoms with van der Waals surface area (Å²) in [5.41, 5.74) is 14.6. The molecule has 0 saturated carbocycles. The van der Waals surface area contributed by atoms with Crippen molar-refractivity contribution in [2.45, 2.75) is 0 Å². The van der Waals surface area contributed by atoms with Crippen LogP contribution in [-0.4, -0.2) is 4.98 Å². The molecule has 0 radical (unpaired) electrons. The lowest BCUT2D eigenvalue weighted by Gasteiger charge is -2.05. The summed E-state index contributed by atoms with van der Waals surface area (Å²) in [6.07, 6.45) is 1.81. The van der Waals surface area contributed by atoms with Gasteiger partial charge in [0.25, 0.3) is 0 Å². The van der Waals surface area contributed by atoms with E-state index in [1.807, 2.05) is 35.8 Å². The van der Waals surface area contributed by atoms with Gasteiger partial charge in [0.15, 0.2) is 0 Å². The second-order valence-corrected chi connectivity index (χ2v) is 5.70. The maximum absolute atomic E-state index is 5.92. The van der Waals surface area contributed by atoms with E-state index in [4.69, 9.17) is 11.5 Å². The fraction of sp³-hybridized carbons (Fsp3) is 0. The number of nitrogen functional groups attached to an aromatic ring is 2. The Bertz CT molecular complexity index is 719. The first-order valence-corrected chi connectivity index (χ1v) is 7.01. The number of aromatic nitrogens is 1. The first kappa shape index (κ1) is 11.5. The van der Waals surface area contributed by atoms with Gasteiger partial charge in [-0.2, -0.15) is 0 Å². The number of fused-ring (bicyclic) bond motifs is 1. The number of halogens is 1. The maximum Gasteiger partial charge on any atom is 0.133 e. The van der Waals surface area contributed by atoms with Crippen LogP contribution in [0.25, 0.3) is 21.2 Å². The van der Waals surface area contributed by atoms with Crippen molar-refractivity contribution in [1.29, 1.82) is 0 Å². The molecule has 1 aromatic carbocycles. The Morgan fingerprint density at radius 1 is 1.11 bits per heavy atom. The van der Waals surface area contributed by atoms with Gasteiger partial charge in [0, 0.05) is 37.4 Å². The molecule has 90 valence electrons. The van der Waals surface area contributed by atoms with E-state index in [1.165, 1.54) is 0 Å². The van der Waals surface area contributed by atoms with Crippen molar-refractivity contribution < 1.29 is 0 Å². The molecule has 0 spiro atoms. The van der Waals surface area contributed by atoms with E-state index in [0.29, 0.717) is 5.82 Å². The minimum Gasteiger partial charge on any atom is -0.399 e. The lowest BCUT2D eigenvalue weighted by molar-refractivity contribution is 1.37. The Balaban J connectivity index is 2.30. The lowest BCUT2D eigenvalue weighted by Crippen LogP contribution is -1.92. The number of benzene rings is 1. The second-order valence-electron chi connectivity index (χ2n) is 3.97. The fourth-order valence-electron chi connectivity index (χ4n) is 1.90. The summed E-state index contributed by atoms with van der Waals surface area (Å²) >= 11 is 5.16. The Morgan fingerprint density at radius 3 is 2.56 bits per heavy atom. The van der Waals surface area contributed by atoms with Gasteiger partial charge in [-0.25, -0.2) is 4.98 Å². The van der Waals surface area contributed by atoms with Gasteiger partial charge in [0.2, 0.25) is 0 Å². The van der Waals surface area contributed by atoms with E-state index < -0.39 is 0 Å². The van der Waals surface area contributed by atoms with E-state index in [0.717, 1.165) is 31.4 Å². The summed E-state index contributed by atoms with van der Waals surface area (Å²) < 4.78 is 2.13. The molecule has 0 aliphatic carbocycles. The molecule has 2 aromatic heterocycles. The Hall–Kier alpha value is -1.59. The predicted octanol–water partition coefficient (Wildman–Crippen LogP) is 3.89. The zero-order chi connectivity index (χ0) is 12.7. The van der Waals surface area contributed by atoms with Gasteiger partial charge >= 0.3 is 0 Å². The van der Waals surface area contributed by atoms with Crippen LogP contribution in [0.3, 0.4) is 0 Å². The highest BCUT2D eigenvalue weighted by molar-refractivity contribution is 9.10. The summed E-state index contributed by atoms with van der Waals surface area (Å²) in [4.78, 5) is 4.26. The summed E-state index contributed by atoms with van der Waals surface area (Å²) in [6, 6.07) is 7.77. The molecule has 2 heterocycles. The lowest BCUT2D eigenvalue weighted by atomic mass is 10.1. The minimum absolute atomic E-state index is 0.553. The Labute approximate surface area is 117 Å². The quantitative estimate of drug-likeness (QED) is 0.669. The molecule has 0 saturated heterocycles. The highest BCUT2D eigenvalue weighted by Crippen LogP contribution is 2.39. The molecule has 3 rings (SSSR count). The van der Waals surface area contributed by atoms with Crippen LogP contribution < -0.4 is 11.5 Å². The number of nitrogens with zero attached hydrogens (tertiary/aromatic N) is 1. The van der Waals surface area contributed by atoms with Crippen LogP contribution in [0.2, 0.25) is 0 Å². The number of rotatable bonds is 1. The average molecular weight is 320 g/mol. The average Bonchev–Trinajstić information content (AvgIpc) is 2.75. The van der Waals surface area contributed by atoms with Gasteiger partial charge in [0.05, 0.1) is 0 Å². The molecule has 3 nitrogen and oxygen atoms in total. The molecule has 0 aliphatic heterocycles. The van der Waals surface area contributed by atoms with Crippen LogP contribution in [0, 0.1) is 0 Å². The molecule has 18 heavy (non-hydrogen) atoms. The third-order valence-electron chi connectivity index (χ3n) is 2.80. The molecular weight excluding hydrogens is 310 g/mol. The Morgan fingerprint density at radius 2 is 1.83 bits per heavy atom. The number of anilines is 2. The normalized spacial score (nSPS) is 10.9. The van der Waals surface area contributed by atoms with Crippen molar-refractivity contribution in [1.82, 2.24) is 4.98 Å². The van der Waals surface area contributed by atoms with Gasteiger partial charge in [-0.05, 0) is 33.6 Å². The van der Waals surface area contributed by atoms with Crippen LogP contribution in [-0.2, 0) is 0 Å². The van der Waals surface area contributed by atoms with E-state index in [-0.39, 0.29) is 0 Å². The van der Waals surface area contributed by atoms with Crippen LogP contribution >= 0.6 is 27.3 Å². The van der Waals surface area contributed by atoms with Crippen molar-refractivity contribution in [3.05, 3.63) is 40.3 Å². The van der Waals surface area contributed by atoms with Crippen LogP contribution in [0.1, 0.15) is 0 Å². The molecule has 0 unspecified atom stereocenters. The number of hydrogen-bond donors (Lipinski definition) is 2. The summed E-state index contributed by atoms with van der Waals surface area (Å²) in [5.74, 6) is 0.553. The van der Waals surface area contributed by atoms with E-state index in [1.54, 1.807) is 11.3 Å². The molecule has 0 amide bonds. The SMILES string of the molecule is Nc1ccc(-c2cnc(N)c3c(Br)csc23)cc1. The Kier molecular flexibility index (Phi) is 2.72. The van der Waals surface area contributed by atoms with Crippen LogP contribution in [0.5, 0.6) is 0 Å². The highest BCUT2D eigenvalue weighted by Gasteiger charge is 2.12. The molecule has 0 atom stereocenters. The first-order chi connectivity index (χ1) is 8.66. The standard InChI is InChI=1S/C13H10BrN3S/c14-10-6-18-12-9(5-17-13(16)11(10)12)7-1-3-8(15)4-2-7/h1-6H,15H2,(H2,16,17). The summed E-state index contributed by atoms with van der Waals surface area (Å²) in [6.45, 7) is 0. The first-order valence-electron chi connectivity index (χ1n) is 5.34. The van der Waals surface area contributed by atoms with Crippen molar-refractivity contribution in [2.75, 3.05) is 11.5 Å². The maximum atomic E-state index is 5.92. The minimum atomic E-state index is 0.553. The van der Waals surface area contributed by atoms with Gasteiger partial charge in [-0.15, -0.1) is 11.3 Å².